The van der Waals surface area contributed by atoms with Gasteiger partial charge in [0.05, 0.1) is 16.6 Å². The van der Waals surface area contributed by atoms with E-state index in [1.54, 1.807) is 0 Å². The van der Waals surface area contributed by atoms with Crippen LogP contribution in [0.3, 0.4) is 0 Å². The molecule has 3 heteroatoms. The van der Waals surface area contributed by atoms with Gasteiger partial charge in [-0.1, -0.05) is 56.2 Å². The molecule has 0 amide bonds. The van der Waals surface area contributed by atoms with Gasteiger partial charge in [-0.25, -0.2) is 4.98 Å². The van der Waals surface area contributed by atoms with Gasteiger partial charge >= 0.3 is 0 Å². The van der Waals surface area contributed by atoms with Crippen molar-refractivity contribution in [1.82, 2.24) is 9.55 Å². The lowest BCUT2D eigenvalue weighted by Crippen LogP contribution is -2.02. The van der Waals surface area contributed by atoms with Gasteiger partial charge in [0.1, 0.15) is 5.82 Å². The van der Waals surface area contributed by atoms with Crippen LogP contribution in [0.5, 0.6) is 0 Å². The third-order valence-electron chi connectivity index (χ3n) is 4.29. The van der Waals surface area contributed by atoms with Crippen molar-refractivity contribution >= 4 is 16.8 Å². The number of carbonyl (C=O) groups is 1. The first-order valence-electron chi connectivity index (χ1n) is 8.26. The molecule has 3 nitrogen and oxygen atoms in total. The summed E-state index contributed by atoms with van der Waals surface area (Å²) in [5, 5.41) is 0. The number of unbranched alkanes of at least 4 members (excludes halogenated alkanes) is 2. The van der Waals surface area contributed by atoms with Gasteiger partial charge in [-0.15, -0.1) is 0 Å². The van der Waals surface area contributed by atoms with E-state index in [0.717, 1.165) is 29.7 Å². The molecule has 0 atom stereocenters. The van der Waals surface area contributed by atoms with E-state index in [-0.39, 0.29) is 5.78 Å². The Kier molecular flexibility index (Phi) is 4.56. The van der Waals surface area contributed by atoms with Crippen molar-refractivity contribution in [2.75, 3.05) is 0 Å². The van der Waals surface area contributed by atoms with Crippen molar-refractivity contribution in [2.24, 2.45) is 7.05 Å². The molecule has 3 rings (SSSR count). The molecule has 3 aromatic rings. The molecule has 0 fully saturated rings. The molecule has 0 saturated heterocycles. The van der Waals surface area contributed by atoms with E-state index in [4.69, 9.17) is 4.98 Å². The second kappa shape index (κ2) is 6.78. The number of carbonyl (C=O) groups excluding carboxylic acids is 1. The summed E-state index contributed by atoms with van der Waals surface area (Å²) < 4.78 is 2.12. The maximum absolute atomic E-state index is 12.8. The summed E-state index contributed by atoms with van der Waals surface area (Å²) in [7, 11) is 2.04. The van der Waals surface area contributed by atoms with E-state index in [9.17, 15) is 4.79 Å². The fourth-order valence-corrected chi connectivity index (χ4v) is 2.95. The smallest absolute Gasteiger partial charge is 0.195 e. The van der Waals surface area contributed by atoms with Gasteiger partial charge < -0.3 is 4.57 Å². The minimum atomic E-state index is 0.0365. The monoisotopic (exact) mass is 306 g/mol. The second-order valence-corrected chi connectivity index (χ2v) is 5.91. The number of rotatable bonds is 6. The van der Waals surface area contributed by atoms with Crippen LogP contribution in [0.15, 0.2) is 48.5 Å². The SMILES string of the molecule is CCCCCc1nc2c(C(=O)c3ccccc3)cccc2n1C. The van der Waals surface area contributed by atoms with Crippen molar-refractivity contribution in [3.8, 4) is 0 Å². The summed E-state index contributed by atoms with van der Waals surface area (Å²) in [5.41, 5.74) is 3.23. The first-order valence-corrected chi connectivity index (χ1v) is 8.26. The molecular weight excluding hydrogens is 284 g/mol. The molecular formula is C20H22N2O. The predicted octanol–water partition coefficient (Wildman–Crippen LogP) is 4.54. The number of ketones is 1. The number of hydrogen-bond acceptors (Lipinski definition) is 2. The molecule has 0 N–H and O–H groups in total. The average molecular weight is 306 g/mol. The summed E-state index contributed by atoms with van der Waals surface area (Å²) >= 11 is 0. The highest BCUT2D eigenvalue weighted by molar-refractivity contribution is 6.15. The summed E-state index contributed by atoms with van der Waals surface area (Å²) in [6, 6.07) is 15.3. The molecule has 1 aromatic heterocycles. The lowest BCUT2D eigenvalue weighted by Gasteiger charge is -2.03. The summed E-state index contributed by atoms with van der Waals surface area (Å²) in [6.45, 7) is 2.20. The van der Waals surface area contributed by atoms with Gasteiger partial charge in [0.2, 0.25) is 0 Å². The largest absolute Gasteiger partial charge is 0.331 e. The van der Waals surface area contributed by atoms with Crippen molar-refractivity contribution in [3.63, 3.8) is 0 Å². The summed E-state index contributed by atoms with van der Waals surface area (Å²) in [4.78, 5) is 17.6. The Morgan fingerprint density at radius 2 is 1.83 bits per heavy atom. The van der Waals surface area contributed by atoms with E-state index in [2.05, 4.69) is 11.5 Å². The maximum Gasteiger partial charge on any atom is 0.195 e. The van der Waals surface area contributed by atoms with Crippen molar-refractivity contribution in [2.45, 2.75) is 32.6 Å². The van der Waals surface area contributed by atoms with Crippen LogP contribution < -0.4 is 0 Å². The Balaban J connectivity index is 2.01. The van der Waals surface area contributed by atoms with E-state index >= 15 is 0 Å². The van der Waals surface area contributed by atoms with Gasteiger partial charge in [-0.2, -0.15) is 0 Å². The Bertz CT molecular complexity index is 818. The van der Waals surface area contributed by atoms with Crippen LogP contribution in [-0.4, -0.2) is 15.3 Å². The molecule has 0 spiro atoms. The van der Waals surface area contributed by atoms with Gasteiger partial charge in [0.25, 0.3) is 0 Å². The maximum atomic E-state index is 12.8. The van der Waals surface area contributed by atoms with Crippen molar-refractivity contribution in [1.29, 1.82) is 0 Å². The number of para-hydroxylation sites is 1. The zero-order valence-corrected chi connectivity index (χ0v) is 13.7. The number of fused-ring (bicyclic) bond motifs is 1. The Hall–Kier alpha value is -2.42. The van der Waals surface area contributed by atoms with Crippen LogP contribution in [0, 0.1) is 0 Å². The first-order chi connectivity index (χ1) is 11.2. The Morgan fingerprint density at radius 3 is 2.57 bits per heavy atom. The lowest BCUT2D eigenvalue weighted by atomic mass is 10.0. The lowest BCUT2D eigenvalue weighted by molar-refractivity contribution is 0.104. The number of aryl methyl sites for hydroxylation is 2. The molecule has 118 valence electrons. The highest BCUT2D eigenvalue weighted by atomic mass is 16.1. The molecule has 0 bridgehead atoms. The van der Waals surface area contributed by atoms with Crippen LogP contribution in [-0.2, 0) is 13.5 Å². The second-order valence-electron chi connectivity index (χ2n) is 5.91. The molecule has 0 aliphatic carbocycles. The topological polar surface area (TPSA) is 34.9 Å². The zero-order chi connectivity index (χ0) is 16.2. The van der Waals surface area contributed by atoms with E-state index in [0.29, 0.717) is 11.1 Å². The zero-order valence-electron chi connectivity index (χ0n) is 13.7. The number of aromatic nitrogens is 2. The van der Waals surface area contributed by atoms with Crippen LogP contribution in [0.1, 0.15) is 47.9 Å². The number of imidazole rings is 1. The fourth-order valence-electron chi connectivity index (χ4n) is 2.95. The Labute approximate surface area is 137 Å². The van der Waals surface area contributed by atoms with E-state index in [1.807, 2.05) is 55.6 Å². The van der Waals surface area contributed by atoms with Crippen LogP contribution >= 0.6 is 0 Å². The van der Waals surface area contributed by atoms with E-state index in [1.165, 1.54) is 12.8 Å². The van der Waals surface area contributed by atoms with Gasteiger partial charge in [-0.3, -0.25) is 4.79 Å². The molecule has 0 aliphatic rings. The van der Waals surface area contributed by atoms with Gasteiger partial charge in [0, 0.05) is 19.0 Å². The van der Waals surface area contributed by atoms with Gasteiger partial charge in [-0.05, 0) is 18.6 Å². The molecule has 2 aromatic carbocycles. The minimum Gasteiger partial charge on any atom is -0.331 e. The third-order valence-corrected chi connectivity index (χ3v) is 4.29. The van der Waals surface area contributed by atoms with Crippen LogP contribution in [0.25, 0.3) is 11.0 Å². The van der Waals surface area contributed by atoms with Crippen LogP contribution in [0.2, 0.25) is 0 Å². The first kappa shape index (κ1) is 15.5. The molecule has 0 unspecified atom stereocenters. The standard InChI is InChI=1S/C20H22N2O/c1-3-4-6-14-18-21-19-16(12-9-13-17(19)22(18)2)20(23)15-10-7-5-8-11-15/h5,7-13H,3-4,6,14H2,1-2H3. The molecule has 0 saturated carbocycles. The van der Waals surface area contributed by atoms with Gasteiger partial charge in [0.15, 0.2) is 5.78 Å². The van der Waals surface area contributed by atoms with E-state index < -0.39 is 0 Å². The number of nitrogens with zero attached hydrogens (tertiary/aromatic N) is 2. The number of benzene rings is 2. The average Bonchev–Trinajstić information content (AvgIpc) is 2.92. The molecule has 0 aliphatic heterocycles. The van der Waals surface area contributed by atoms with Crippen LogP contribution in [0.4, 0.5) is 0 Å². The Morgan fingerprint density at radius 1 is 1.04 bits per heavy atom. The predicted molar refractivity (Wildman–Crippen MR) is 93.8 cm³/mol. The fraction of sp³-hybridized carbons (Fsp3) is 0.300. The molecule has 0 radical (unpaired) electrons. The normalized spacial score (nSPS) is 11.0. The highest BCUT2D eigenvalue weighted by Crippen LogP contribution is 2.22. The summed E-state index contributed by atoms with van der Waals surface area (Å²) in [6.07, 6.45) is 4.49. The van der Waals surface area contributed by atoms with Crippen molar-refractivity contribution in [3.05, 3.63) is 65.5 Å². The quantitative estimate of drug-likeness (QED) is 0.495. The molecule has 1 heterocycles. The van der Waals surface area contributed by atoms with Crippen molar-refractivity contribution < 1.29 is 4.79 Å². The third kappa shape index (κ3) is 3.04. The molecule has 23 heavy (non-hydrogen) atoms. The minimum absolute atomic E-state index is 0.0365. The number of hydrogen-bond donors (Lipinski definition) is 0. The highest BCUT2D eigenvalue weighted by Gasteiger charge is 2.16. The summed E-state index contributed by atoms with van der Waals surface area (Å²) in [5.74, 6) is 1.09.